The quantitative estimate of drug-likeness (QED) is 0.280. The normalized spacial score (nSPS) is 13.9. The predicted molar refractivity (Wildman–Crippen MR) is 152 cm³/mol. The van der Waals surface area contributed by atoms with Crippen LogP contribution in [0.25, 0.3) is 17.2 Å². The fourth-order valence-corrected chi connectivity index (χ4v) is 4.79. The number of benzene rings is 1. The number of hydrogen-bond acceptors (Lipinski definition) is 6. The van der Waals surface area contributed by atoms with E-state index in [2.05, 4.69) is 35.3 Å². The molecule has 0 saturated heterocycles. The van der Waals surface area contributed by atoms with E-state index in [1.165, 1.54) is 19.6 Å². The minimum absolute atomic E-state index is 0.000632. The summed E-state index contributed by atoms with van der Waals surface area (Å²) in [6.07, 6.45) is 10.1. The summed E-state index contributed by atoms with van der Waals surface area (Å²) in [7, 11) is 5.29. The van der Waals surface area contributed by atoms with Gasteiger partial charge in [-0.25, -0.2) is 14.8 Å². The van der Waals surface area contributed by atoms with Crippen molar-refractivity contribution in [2.45, 2.75) is 45.6 Å². The number of aryl methyl sites for hydroxylation is 1. The van der Waals surface area contributed by atoms with Gasteiger partial charge in [-0.1, -0.05) is 43.5 Å². The number of hydrogen-bond donors (Lipinski definition) is 0. The van der Waals surface area contributed by atoms with Crippen LogP contribution in [-0.2, 0) is 20.9 Å². The number of nitrogens with zero attached hydrogens (tertiary/aromatic N) is 4. The minimum Gasteiger partial charge on any atom is -0.466 e. The monoisotopic (exact) mass is 512 g/mol. The van der Waals surface area contributed by atoms with Crippen molar-refractivity contribution < 1.29 is 14.3 Å². The largest absolute Gasteiger partial charge is 0.466 e. The van der Waals surface area contributed by atoms with Gasteiger partial charge in [0.1, 0.15) is 11.6 Å². The number of esters is 1. The highest BCUT2D eigenvalue weighted by Gasteiger charge is 2.28. The summed E-state index contributed by atoms with van der Waals surface area (Å²) in [5, 5.41) is 0. The molecule has 0 radical (unpaired) electrons. The average molecular weight is 513 g/mol. The van der Waals surface area contributed by atoms with Gasteiger partial charge in [-0.15, -0.1) is 0 Å². The van der Waals surface area contributed by atoms with Gasteiger partial charge < -0.3 is 9.64 Å². The van der Waals surface area contributed by atoms with Gasteiger partial charge in [0.25, 0.3) is 0 Å². The first-order valence-electron chi connectivity index (χ1n) is 13.1. The van der Waals surface area contributed by atoms with Crippen molar-refractivity contribution in [3.05, 3.63) is 77.6 Å². The Kier molecular flexibility index (Phi) is 8.89. The van der Waals surface area contributed by atoms with E-state index in [-0.39, 0.29) is 11.8 Å². The summed E-state index contributed by atoms with van der Waals surface area (Å²) in [6, 6.07) is 16.1. The molecule has 1 amide bonds. The lowest BCUT2D eigenvalue weighted by atomic mass is 9.88. The molecular formula is C31H36N4O3. The molecule has 0 spiro atoms. The van der Waals surface area contributed by atoms with Crippen molar-refractivity contribution in [1.29, 1.82) is 0 Å². The molecule has 0 unspecified atom stereocenters. The zero-order valence-electron chi connectivity index (χ0n) is 22.7. The summed E-state index contributed by atoms with van der Waals surface area (Å²) in [5.74, 6) is 1.19. The summed E-state index contributed by atoms with van der Waals surface area (Å²) in [5.41, 5.74) is 4.70. The molecule has 2 aromatic heterocycles. The van der Waals surface area contributed by atoms with Crippen LogP contribution in [-0.4, -0.2) is 43.0 Å². The van der Waals surface area contributed by atoms with Gasteiger partial charge in [0.05, 0.1) is 13.7 Å². The van der Waals surface area contributed by atoms with Gasteiger partial charge in [0, 0.05) is 43.5 Å². The summed E-state index contributed by atoms with van der Waals surface area (Å²) in [6.45, 7) is 2.32. The van der Waals surface area contributed by atoms with E-state index in [0.717, 1.165) is 59.4 Å². The smallest absolute Gasteiger partial charge is 0.330 e. The number of anilines is 2. The van der Waals surface area contributed by atoms with Crippen molar-refractivity contribution in [3.8, 4) is 11.1 Å². The molecule has 0 aliphatic heterocycles. The highest BCUT2D eigenvalue weighted by Crippen LogP contribution is 2.29. The van der Waals surface area contributed by atoms with E-state index in [1.54, 1.807) is 11.0 Å². The number of methoxy groups -OCH3 is 1. The predicted octanol–water partition coefficient (Wildman–Crippen LogP) is 5.82. The van der Waals surface area contributed by atoms with Crippen molar-refractivity contribution in [2.24, 2.45) is 5.92 Å². The highest BCUT2D eigenvalue weighted by molar-refractivity contribution is 5.94. The lowest BCUT2D eigenvalue weighted by Gasteiger charge is -2.29. The lowest BCUT2D eigenvalue weighted by Crippen LogP contribution is -2.37. The van der Waals surface area contributed by atoms with Crippen LogP contribution < -0.4 is 9.80 Å². The number of amides is 1. The number of pyridine rings is 2. The number of rotatable bonds is 8. The Morgan fingerprint density at radius 1 is 0.974 bits per heavy atom. The molecule has 1 aromatic carbocycles. The van der Waals surface area contributed by atoms with Crippen LogP contribution in [0.4, 0.5) is 11.6 Å². The Labute approximate surface area is 225 Å². The summed E-state index contributed by atoms with van der Waals surface area (Å²) in [4.78, 5) is 38.4. The topological polar surface area (TPSA) is 75.6 Å². The van der Waals surface area contributed by atoms with E-state index in [1.807, 2.05) is 50.3 Å². The van der Waals surface area contributed by atoms with Crippen LogP contribution in [0.2, 0.25) is 0 Å². The maximum absolute atomic E-state index is 13.8. The SMILES string of the molecule is COC(=O)/C=C/c1cc(C)nc(N(Cc2ccc(-c3ccc(N(C)C)nc3)cc2)C(=O)C2CCCCC2)c1. The number of carbonyl (C=O) groups is 2. The standard InChI is InChI=1S/C31H36N4O3/c1-22-18-24(12-17-30(36)38-4)19-29(33-22)35(31(37)26-8-6-5-7-9-26)21-23-10-13-25(14-11-23)27-15-16-28(32-20-27)34(2)3/h10-20,26H,5-9,21H2,1-4H3/b17-12+. The molecule has 0 bridgehead atoms. The minimum atomic E-state index is -0.428. The average Bonchev–Trinajstić information content (AvgIpc) is 2.94. The molecule has 3 aromatic rings. The number of carbonyl (C=O) groups excluding carboxylic acids is 2. The van der Waals surface area contributed by atoms with Gasteiger partial charge in [-0.05, 0) is 66.8 Å². The van der Waals surface area contributed by atoms with Crippen LogP contribution in [0.15, 0.2) is 60.8 Å². The van der Waals surface area contributed by atoms with Crippen molar-refractivity contribution in [1.82, 2.24) is 9.97 Å². The number of aromatic nitrogens is 2. The van der Waals surface area contributed by atoms with Crippen LogP contribution in [0.5, 0.6) is 0 Å². The van der Waals surface area contributed by atoms with Gasteiger partial charge >= 0.3 is 5.97 Å². The molecular weight excluding hydrogens is 476 g/mol. The molecule has 1 fully saturated rings. The maximum Gasteiger partial charge on any atom is 0.330 e. The Bertz CT molecular complexity index is 1280. The Morgan fingerprint density at radius 3 is 2.32 bits per heavy atom. The van der Waals surface area contributed by atoms with Gasteiger partial charge in [-0.2, -0.15) is 0 Å². The van der Waals surface area contributed by atoms with Gasteiger partial charge in [0.2, 0.25) is 5.91 Å². The highest BCUT2D eigenvalue weighted by atomic mass is 16.5. The molecule has 4 rings (SSSR count). The van der Waals surface area contributed by atoms with Crippen molar-refractivity contribution in [3.63, 3.8) is 0 Å². The van der Waals surface area contributed by atoms with E-state index in [9.17, 15) is 9.59 Å². The van der Waals surface area contributed by atoms with Crippen molar-refractivity contribution >= 4 is 29.6 Å². The third-order valence-corrected chi connectivity index (χ3v) is 6.91. The maximum atomic E-state index is 13.8. The second-order valence-corrected chi connectivity index (χ2v) is 10.0. The fourth-order valence-electron chi connectivity index (χ4n) is 4.79. The second kappa shape index (κ2) is 12.5. The summed E-state index contributed by atoms with van der Waals surface area (Å²) < 4.78 is 4.72. The van der Waals surface area contributed by atoms with Crippen LogP contribution in [0.3, 0.4) is 0 Å². The fraction of sp³-hybridized carbons (Fsp3) is 0.355. The molecule has 1 aliphatic carbocycles. The third kappa shape index (κ3) is 6.85. The molecule has 7 nitrogen and oxygen atoms in total. The Balaban J connectivity index is 1.62. The molecule has 1 aliphatic rings. The molecule has 198 valence electrons. The zero-order valence-corrected chi connectivity index (χ0v) is 22.7. The summed E-state index contributed by atoms with van der Waals surface area (Å²) >= 11 is 0. The van der Waals surface area contributed by atoms with Crippen LogP contribution in [0, 0.1) is 12.8 Å². The van der Waals surface area contributed by atoms with Gasteiger partial charge in [0.15, 0.2) is 0 Å². The Hall–Kier alpha value is -4.00. The van der Waals surface area contributed by atoms with Crippen LogP contribution in [0.1, 0.15) is 48.9 Å². The second-order valence-electron chi connectivity index (χ2n) is 10.0. The number of ether oxygens (including phenoxy) is 1. The van der Waals surface area contributed by atoms with E-state index in [4.69, 9.17) is 9.72 Å². The Morgan fingerprint density at radius 2 is 1.68 bits per heavy atom. The first-order valence-corrected chi connectivity index (χ1v) is 13.1. The van der Waals surface area contributed by atoms with E-state index < -0.39 is 5.97 Å². The molecule has 1 saturated carbocycles. The molecule has 2 heterocycles. The molecule has 0 atom stereocenters. The van der Waals surface area contributed by atoms with Gasteiger partial charge in [-0.3, -0.25) is 9.69 Å². The lowest BCUT2D eigenvalue weighted by molar-refractivity contribution is -0.134. The zero-order chi connectivity index (χ0) is 27.1. The van der Waals surface area contributed by atoms with E-state index in [0.29, 0.717) is 12.4 Å². The molecule has 38 heavy (non-hydrogen) atoms. The third-order valence-electron chi connectivity index (χ3n) is 6.91. The molecule has 0 N–H and O–H groups in total. The van der Waals surface area contributed by atoms with Crippen molar-refractivity contribution in [2.75, 3.05) is 31.0 Å². The first-order chi connectivity index (χ1) is 18.3. The van der Waals surface area contributed by atoms with Crippen LogP contribution >= 0.6 is 0 Å². The first kappa shape index (κ1) is 27.0. The van der Waals surface area contributed by atoms with E-state index >= 15 is 0 Å². The molecule has 7 heteroatoms.